The summed E-state index contributed by atoms with van der Waals surface area (Å²) in [5.74, 6) is -3.75. The molecule has 9 heteroatoms. The number of aliphatic hydroxyl groups is 1. The lowest BCUT2D eigenvalue weighted by molar-refractivity contribution is -0.927. The Morgan fingerprint density at radius 3 is 2.44 bits per heavy atom. The number of nitrogens with zero attached hydrogens (tertiary/aromatic N) is 2. The molecule has 0 radical (unpaired) electrons. The first-order chi connectivity index (χ1) is 15.6. The molecule has 2 aromatic rings. The van der Waals surface area contributed by atoms with Gasteiger partial charge >= 0.3 is 0 Å². The zero-order valence-electron chi connectivity index (χ0n) is 19.4. The Balaban J connectivity index is 0.00000324. The minimum Gasteiger partial charge on any atom is -1.00 e. The molecule has 0 spiro atoms. The number of nitrogen functional groups attached to an aromatic ring is 1. The molecule has 6 nitrogen and oxygen atoms in total. The van der Waals surface area contributed by atoms with Gasteiger partial charge < -0.3 is 44.6 Å². The summed E-state index contributed by atoms with van der Waals surface area (Å²) >= 11 is 0. The van der Waals surface area contributed by atoms with Crippen molar-refractivity contribution < 1.29 is 47.1 Å². The van der Waals surface area contributed by atoms with E-state index in [9.17, 15) is 18.7 Å². The highest BCUT2D eigenvalue weighted by Crippen LogP contribution is 2.47. The smallest absolute Gasteiger partial charge is 0.257 e. The number of aromatic nitrogens is 1. The number of hydrogen-bond acceptors (Lipinski definition) is 4. The normalized spacial score (nSPS) is 27.9. The van der Waals surface area contributed by atoms with Gasteiger partial charge in [0.25, 0.3) is 5.91 Å². The van der Waals surface area contributed by atoms with Crippen molar-refractivity contribution >= 4 is 11.7 Å². The Bertz CT molecular complexity index is 986. The Hall–Kier alpha value is -1.85. The molecule has 186 valence electrons. The first-order valence-corrected chi connectivity index (χ1v) is 11.6. The topological polar surface area (TPSA) is 88.2 Å². The maximum Gasteiger partial charge on any atom is 0.257 e. The van der Waals surface area contributed by atoms with Crippen LogP contribution in [0.25, 0.3) is 0 Å². The molecule has 1 aliphatic heterocycles. The van der Waals surface area contributed by atoms with E-state index in [1.165, 1.54) is 0 Å². The lowest BCUT2D eigenvalue weighted by Crippen LogP contribution is -3.00. The van der Waals surface area contributed by atoms with Crippen molar-refractivity contribution in [3.8, 4) is 0 Å². The quantitative estimate of drug-likeness (QED) is 0.334. The van der Waals surface area contributed by atoms with Gasteiger partial charge in [0.2, 0.25) is 5.92 Å². The largest absolute Gasteiger partial charge is 1.00 e. The number of pyridine rings is 1. The molecule has 1 aromatic heterocycles. The second-order valence-electron chi connectivity index (χ2n) is 9.95. The molecule has 2 atom stereocenters. The van der Waals surface area contributed by atoms with Crippen LogP contribution in [-0.4, -0.2) is 52.6 Å². The summed E-state index contributed by atoms with van der Waals surface area (Å²) in [6.07, 6.45) is 0.779. The number of halogens is 3. The van der Waals surface area contributed by atoms with Crippen LogP contribution in [0.1, 0.15) is 43.4 Å². The predicted octanol–water partition coefficient (Wildman–Crippen LogP) is 0.216. The van der Waals surface area contributed by atoms with Crippen LogP contribution in [0.5, 0.6) is 0 Å². The highest BCUT2D eigenvalue weighted by Gasteiger charge is 2.53. The minimum absolute atomic E-state index is 0. The Labute approximate surface area is 216 Å². The fraction of sp³-hybridized carbons (Fsp3) is 0.520. The number of carbonyl (C=O) groups excluding carboxylic acids is 1. The van der Waals surface area contributed by atoms with Gasteiger partial charge in [-0.3, -0.25) is 4.79 Å². The number of nitrogens with two attached hydrogens (primary N) is 1. The van der Waals surface area contributed by atoms with Crippen LogP contribution >= 0.6 is 0 Å². The van der Waals surface area contributed by atoms with Gasteiger partial charge in [0.1, 0.15) is 12.4 Å². The van der Waals surface area contributed by atoms with E-state index >= 15 is 0 Å². The molecule has 2 aliphatic rings. The molecule has 4 rings (SSSR count). The van der Waals surface area contributed by atoms with E-state index < -0.39 is 29.8 Å². The number of nitrogens with one attached hydrogen (secondary N) is 1. The standard InChI is InChI=1S/C25H32F2N4O2.HI/c1-31(17-21-8-5-9-22(28)29-21)14-11-20(12-15-31)30-23(32)25(33,18-6-3-2-4-7-18)19-10-13-24(26,27)16-19;/h2-9,19-20,33H,10-17H2,1H3,(H2-,28,29,30,32);1H/t19?,20?,25-,31?;/m0./s1. The van der Waals surface area contributed by atoms with E-state index in [-0.39, 0.29) is 42.9 Å². The Morgan fingerprint density at radius 2 is 1.85 bits per heavy atom. The van der Waals surface area contributed by atoms with Crippen molar-refractivity contribution in [3.63, 3.8) is 0 Å². The van der Waals surface area contributed by atoms with E-state index in [4.69, 9.17) is 5.73 Å². The number of benzene rings is 1. The van der Waals surface area contributed by atoms with Crippen molar-refractivity contribution in [2.75, 3.05) is 25.9 Å². The molecule has 0 bridgehead atoms. The van der Waals surface area contributed by atoms with E-state index in [1.54, 1.807) is 36.4 Å². The molecule has 1 amide bonds. The van der Waals surface area contributed by atoms with Gasteiger partial charge in [-0.25, -0.2) is 13.8 Å². The highest BCUT2D eigenvalue weighted by atomic mass is 127. The summed E-state index contributed by atoms with van der Waals surface area (Å²) in [5, 5.41) is 14.6. The summed E-state index contributed by atoms with van der Waals surface area (Å²) in [6, 6.07) is 14.0. The van der Waals surface area contributed by atoms with E-state index in [1.807, 2.05) is 12.1 Å². The monoisotopic (exact) mass is 586 g/mol. The zero-order chi connectivity index (χ0) is 23.7. The summed E-state index contributed by atoms with van der Waals surface area (Å²) in [5.41, 5.74) is 5.14. The number of amides is 1. The van der Waals surface area contributed by atoms with Crippen molar-refractivity contribution in [2.45, 2.75) is 56.2 Å². The van der Waals surface area contributed by atoms with Gasteiger partial charge in [0, 0.05) is 37.6 Å². The van der Waals surface area contributed by atoms with E-state index in [2.05, 4.69) is 17.3 Å². The molecule has 2 heterocycles. The first kappa shape index (κ1) is 26.7. The second-order valence-corrected chi connectivity index (χ2v) is 9.95. The number of piperidine rings is 1. The minimum atomic E-state index is -2.85. The SMILES string of the molecule is C[N+]1(Cc2cccc(N)n2)CCC(NC(=O)[C@](O)(c2ccccc2)C2CCC(F)(F)C2)CC1.[I-]. The summed E-state index contributed by atoms with van der Waals surface area (Å²) in [6.45, 7) is 2.40. The van der Waals surface area contributed by atoms with Crippen LogP contribution in [-0.2, 0) is 16.9 Å². The third-order valence-electron chi connectivity index (χ3n) is 7.30. The van der Waals surface area contributed by atoms with Crippen LogP contribution < -0.4 is 35.0 Å². The van der Waals surface area contributed by atoms with Crippen molar-refractivity contribution in [2.24, 2.45) is 5.92 Å². The number of anilines is 1. The number of rotatable bonds is 6. The van der Waals surface area contributed by atoms with Crippen LogP contribution in [0.15, 0.2) is 48.5 Å². The molecule has 34 heavy (non-hydrogen) atoms. The third-order valence-corrected chi connectivity index (χ3v) is 7.30. The number of hydrogen-bond donors (Lipinski definition) is 3. The molecule has 1 unspecified atom stereocenters. The zero-order valence-corrected chi connectivity index (χ0v) is 21.5. The van der Waals surface area contributed by atoms with Gasteiger partial charge in [0.15, 0.2) is 5.60 Å². The number of alkyl halides is 2. The van der Waals surface area contributed by atoms with Crippen LogP contribution in [0.4, 0.5) is 14.6 Å². The summed E-state index contributed by atoms with van der Waals surface area (Å²) < 4.78 is 28.8. The number of carbonyl (C=O) groups is 1. The van der Waals surface area contributed by atoms with E-state index in [0.29, 0.717) is 11.4 Å². The summed E-state index contributed by atoms with van der Waals surface area (Å²) in [4.78, 5) is 17.8. The number of likely N-dealkylation sites (tertiary alicyclic amines) is 1. The van der Waals surface area contributed by atoms with Crippen molar-refractivity contribution in [3.05, 3.63) is 59.8 Å². The van der Waals surface area contributed by atoms with Crippen LogP contribution in [0.3, 0.4) is 0 Å². The maximum atomic E-state index is 14.0. The summed E-state index contributed by atoms with van der Waals surface area (Å²) in [7, 11) is 2.16. The Kier molecular flexibility index (Phi) is 8.19. The molecule has 1 aromatic carbocycles. The fourth-order valence-corrected chi connectivity index (χ4v) is 5.32. The fourth-order valence-electron chi connectivity index (χ4n) is 5.32. The first-order valence-electron chi connectivity index (χ1n) is 11.6. The third kappa shape index (κ3) is 5.85. The average Bonchev–Trinajstić information content (AvgIpc) is 3.15. The second kappa shape index (κ2) is 10.4. The van der Waals surface area contributed by atoms with Gasteiger partial charge in [-0.2, -0.15) is 0 Å². The molecule has 1 saturated heterocycles. The molecule has 4 N–H and O–H groups in total. The van der Waals surface area contributed by atoms with Gasteiger partial charge in [-0.15, -0.1) is 0 Å². The molecular formula is C25H33F2IN4O2. The highest BCUT2D eigenvalue weighted by molar-refractivity contribution is 5.87. The predicted molar refractivity (Wildman–Crippen MR) is 122 cm³/mol. The number of quaternary nitrogens is 1. The maximum absolute atomic E-state index is 14.0. The van der Waals surface area contributed by atoms with Crippen molar-refractivity contribution in [1.29, 1.82) is 0 Å². The van der Waals surface area contributed by atoms with Crippen LogP contribution in [0, 0.1) is 5.92 Å². The molecular weight excluding hydrogens is 553 g/mol. The van der Waals surface area contributed by atoms with Gasteiger partial charge in [0.05, 0.1) is 25.8 Å². The van der Waals surface area contributed by atoms with Crippen LogP contribution in [0.2, 0.25) is 0 Å². The average molecular weight is 586 g/mol. The van der Waals surface area contributed by atoms with Crippen molar-refractivity contribution in [1.82, 2.24) is 10.3 Å². The molecule has 1 saturated carbocycles. The lowest BCUT2D eigenvalue weighted by atomic mass is 9.79. The van der Waals surface area contributed by atoms with E-state index in [0.717, 1.165) is 42.7 Å². The van der Waals surface area contributed by atoms with Gasteiger partial charge in [-0.05, 0) is 24.1 Å². The molecule has 2 fully saturated rings. The lowest BCUT2D eigenvalue weighted by Gasteiger charge is -2.41. The molecule has 1 aliphatic carbocycles. The van der Waals surface area contributed by atoms with Gasteiger partial charge in [-0.1, -0.05) is 36.4 Å². The Morgan fingerprint density at radius 1 is 1.18 bits per heavy atom.